The molecule has 10 aromatic rings. The summed E-state index contributed by atoms with van der Waals surface area (Å²) in [5.41, 5.74) is 12.2. The molecular weight excluding hydrogens is 721 g/mol. The molecule has 10 rings (SSSR count). The molecule has 0 saturated carbocycles. The maximum atomic E-state index is 5.59. The van der Waals surface area contributed by atoms with Gasteiger partial charge in [0.15, 0.2) is 0 Å². The second-order valence-corrected chi connectivity index (χ2v) is 14.1. The van der Waals surface area contributed by atoms with Crippen molar-refractivity contribution < 1.29 is 18.9 Å². The summed E-state index contributed by atoms with van der Waals surface area (Å²) in [5, 5.41) is 4.38. The number of rotatable bonds is 9. The van der Waals surface area contributed by atoms with E-state index >= 15 is 0 Å². The predicted octanol–water partition coefficient (Wildman–Crippen LogP) is 11.7. The summed E-state index contributed by atoms with van der Waals surface area (Å²) in [4.78, 5) is 9.87. The fourth-order valence-electron chi connectivity index (χ4n) is 8.27. The van der Waals surface area contributed by atoms with Gasteiger partial charge in [-0.15, -0.1) is 0 Å². The van der Waals surface area contributed by atoms with Crippen molar-refractivity contribution in [3.05, 3.63) is 158 Å². The maximum absolute atomic E-state index is 5.59. The molecule has 8 nitrogen and oxygen atoms in total. The highest BCUT2D eigenvalue weighted by Gasteiger charge is 2.19. The van der Waals surface area contributed by atoms with Gasteiger partial charge in [0.25, 0.3) is 0 Å². The average molecular weight is 759 g/mol. The molecule has 0 aliphatic carbocycles. The third-order valence-corrected chi connectivity index (χ3v) is 11.1. The molecule has 0 fully saturated rings. The second-order valence-electron chi connectivity index (χ2n) is 14.1. The Bertz CT molecular complexity index is 2830. The Morgan fingerprint density at radius 1 is 0.362 bits per heavy atom. The summed E-state index contributed by atoms with van der Waals surface area (Å²) in [5.74, 6) is 3.24. The number of nitrogens with zero attached hydrogens (tertiary/aromatic N) is 4. The molecule has 8 heteroatoms. The zero-order valence-corrected chi connectivity index (χ0v) is 32.4. The number of aromatic nitrogens is 4. The minimum Gasteiger partial charge on any atom is -0.497 e. The fourth-order valence-corrected chi connectivity index (χ4v) is 8.27. The van der Waals surface area contributed by atoms with Gasteiger partial charge in [-0.2, -0.15) is 0 Å². The van der Waals surface area contributed by atoms with Crippen molar-refractivity contribution in [2.45, 2.75) is 0 Å². The number of hydrogen-bond acceptors (Lipinski definition) is 6. The zero-order valence-electron chi connectivity index (χ0n) is 32.4. The largest absolute Gasteiger partial charge is 0.497 e. The molecule has 282 valence electrons. The lowest BCUT2D eigenvalue weighted by Gasteiger charge is -2.15. The molecule has 4 aromatic heterocycles. The fraction of sp³-hybridized carbons (Fsp3) is 0.0800. The zero-order chi connectivity index (χ0) is 39.3. The van der Waals surface area contributed by atoms with Crippen LogP contribution in [-0.4, -0.2) is 47.5 Å². The molecule has 0 atom stereocenters. The van der Waals surface area contributed by atoms with Gasteiger partial charge in [-0.1, -0.05) is 36.4 Å². The smallest absolute Gasteiger partial charge is 0.119 e. The van der Waals surface area contributed by atoms with Gasteiger partial charge in [0, 0.05) is 67.6 Å². The first-order valence-electron chi connectivity index (χ1n) is 19.0. The maximum Gasteiger partial charge on any atom is 0.119 e. The van der Waals surface area contributed by atoms with E-state index < -0.39 is 0 Å². The van der Waals surface area contributed by atoms with Gasteiger partial charge in [-0.05, 0) is 109 Å². The predicted molar refractivity (Wildman–Crippen MR) is 233 cm³/mol. The molecule has 0 unspecified atom stereocenters. The molecule has 0 radical (unpaired) electrons. The van der Waals surface area contributed by atoms with Gasteiger partial charge in [0.1, 0.15) is 23.0 Å². The van der Waals surface area contributed by atoms with E-state index in [2.05, 4.69) is 118 Å². The van der Waals surface area contributed by atoms with Gasteiger partial charge in [-0.3, -0.25) is 9.97 Å². The SMILES string of the molecule is COc1ccc2c(c1)c1cc(OC)ccc1n2-c1ccc(-c2ncccc2-c2cccnc2-c2ccc(-n3c4ccc(OC)cc4c4cc(OC)ccc43)cc2)cc1. The van der Waals surface area contributed by atoms with Gasteiger partial charge in [0.2, 0.25) is 0 Å². The molecule has 0 aliphatic rings. The normalized spacial score (nSPS) is 11.4. The van der Waals surface area contributed by atoms with E-state index in [-0.39, 0.29) is 0 Å². The van der Waals surface area contributed by atoms with Gasteiger partial charge < -0.3 is 28.1 Å². The van der Waals surface area contributed by atoms with Gasteiger partial charge in [0.05, 0.1) is 61.9 Å². The van der Waals surface area contributed by atoms with Crippen molar-refractivity contribution in [3.8, 4) is 68.0 Å². The molecular formula is C50H38N4O4. The minimum atomic E-state index is 0.809. The van der Waals surface area contributed by atoms with Crippen LogP contribution in [0.4, 0.5) is 0 Å². The van der Waals surface area contributed by atoms with Crippen LogP contribution in [-0.2, 0) is 0 Å². The Hall–Kier alpha value is -7.58. The summed E-state index contributed by atoms with van der Waals surface area (Å²) in [6, 6.07) is 50.2. The van der Waals surface area contributed by atoms with Crippen LogP contribution in [0.2, 0.25) is 0 Å². The van der Waals surface area contributed by atoms with Crippen LogP contribution in [0.1, 0.15) is 0 Å². The number of ether oxygens (including phenoxy) is 4. The monoisotopic (exact) mass is 758 g/mol. The highest BCUT2D eigenvalue weighted by Crippen LogP contribution is 2.40. The molecule has 0 N–H and O–H groups in total. The van der Waals surface area contributed by atoms with E-state index in [1.165, 1.54) is 0 Å². The van der Waals surface area contributed by atoms with Crippen molar-refractivity contribution >= 4 is 43.6 Å². The van der Waals surface area contributed by atoms with E-state index in [0.29, 0.717) is 0 Å². The third kappa shape index (κ3) is 5.68. The lowest BCUT2D eigenvalue weighted by atomic mass is 9.95. The highest BCUT2D eigenvalue weighted by atomic mass is 16.5. The topological polar surface area (TPSA) is 72.6 Å². The summed E-state index contributed by atoms with van der Waals surface area (Å²) >= 11 is 0. The summed E-state index contributed by atoms with van der Waals surface area (Å²) in [6.45, 7) is 0. The van der Waals surface area contributed by atoms with E-state index in [0.717, 1.165) is 112 Å². The van der Waals surface area contributed by atoms with Crippen molar-refractivity contribution in [1.29, 1.82) is 0 Å². The van der Waals surface area contributed by atoms with Crippen LogP contribution in [0, 0.1) is 0 Å². The van der Waals surface area contributed by atoms with E-state index in [9.17, 15) is 0 Å². The summed E-state index contributed by atoms with van der Waals surface area (Å²) < 4.78 is 26.9. The Labute approximate surface area is 335 Å². The number of hydrogen-bond donors (Lipinski definition) is 0. The van der Waals surface area contributed by atoms with Crippen LogP contribution in [0.25, 0.3) is 88.6 Å². The van der Waals surface area contributed by atoms with Crippen LogP contribution < -0.4 is 18.9 Å². The molecule has 0 spiro atoms. The second kappa shape index (κ2) is 14.2. The number of methoxy groups -OCH3 is 4. The number of benzene rings is 6. The average Bonchev–Trinajstić information content (AvgIpc) is 3.80. The van der Waals surface area contributed by atoms with Gasteiger partial charge >= 0.3 is 0 Å². The van der Waals surface area contributed by atoms with Crippen LogP contribution >= 0.6 is 0 Å². The Morgan fingerprint density at radius 3 is 0.966 bits per heavy atom. The molecule has 0 saturated heterocycles. The first-order chi connectivity index (χ1) is 28.6. The molecule has 0 amide bonds. The van der Waals surface area contributed by atoms with Crippen molar-refractivity contribution in [1.82, 2.24) is 19.1 Å². The van der Waals surface area contributed by atoms with Crippen LogP contribution in [0.15, 0.2) is 158 Å². The first-order valence-corrected chi connectivity index (χ1v) is 19.0. The lowest BCUT2D eigenvalue weighted by molar-refractivity contribution is 0.415. The number of fused-ring (bicyclic) bond motifs is 6. The molecule has 6 aromatic carbocycles. The summed E-state index contributed by atoms with van der Waals surface area (Å²) in [6.07, 6.45) is 3.70. The standard InChI is InChI=1S/C50H38N4O4/c1-55-35-17-21-45-41(27-35)42-28-36(56-2)18-22-46(42)53(45)33-13-9-31(10-14-33)49-39(7-5-25-51-49)40-8-6-26-52-50(40)32-11-15-34(16-12-32)54-47-23-19-37(57-3)29-43(47)44-30-38(58-4)20-24-48(44)54/h5-30H,1-4H3. The van der Waals surface area contributed by atoms with E-state index in [1.807, 2.05) is 48.8 Å². The van der Waals surface area contributed by atoms with Crippen molar-refractivity contribution in [2.24, 2.45) is 0 Å². The van der Waals surface area contributed by atoms with Crippen molar-refractivity contribution in [3.63, 3.8) is 0 Å². The Balaban J connectivity index is 1.03. The Morgan fingerprint density at radius 2 is 0.672 bits per heavy atom. The highest BCUT2D eigenvalue weighted by molar-refractivity contribution is 6.11. The van der Waals surface area contributed by atoms with E-state index in [1.54, 1.807) is 28.4 Å². The molecule has 0 bridgehead atoms. The molecule has 58 heavy (non-hydrogen) atoms. The number of pyridine rings is 2. The minimum absolute atomic E-state index is 0.809. The lowest BCUT2D eigenvalue weighted by Crippen LogP contribution is -1.96. The third-order valence-electron chi connectivity index (χ3n) is 11.1. The van der Waals surface area contributed by atoms with Crippen LogP contribution in [0.3, 0.4) is 0 Å². The molecule has 0 aliphatic heterocycles. The summed E-state index contributed by atoms with van der Waals surface area (Å²) in [7, 11) is 6.78. The van der Waals surface area contributed by atoms with E-state index in [4.69, 9.17) is 28.9 Å². The van der Waals surface area contributed by atoms with Crippen molar-refractivity contribution in [2.75, 3.05) is 28.4 Å². The Kier molecular flexibility index (Phi) is 8.52. The van der Waals surface area contributed by atoms with Crippen LogP contribution in [0.5, 0.6) is 23.0 Å². The molecule has 4 heterocycles. The first kappa shape index (κ1) is 34.9. The van der Waals surface area contributed by atoms with Gasteiger partial charge in [-0.25, -0.2) is 0 Å². The quantitative estimate of drug-likeness (QED) is 0.146.